The fraction of sp³-hybridized carbons (Fsp3) is 0. The summed E-state index contributed by atoms with van der Waals surface area (Å²) in [6.07, 6.45) is 1.62. The molecule has 80 valence electrons. The predicted molar refractivity (Wildman–Crippen MR) is 59.5 cm³/mol. The molecule has 0 atom stereocenters. The maximum Gasteiger partial charge on any atom is 0.491 e. The van der Waals surface area contributed by atoms with Gasteiger partial charge in [-0.3, -0.25) is 4.98 Å². The maximum atomic E-state index is 13.2. The molecule has 0 aliphatic carbocycles. The van der Waals surface area contributed by atoms with Gasteiger partial charge in [0.15, 0.2) is 0 Å². The summed E-state index contributed by atoms with van der Waals surface area (Å²) in [6, 6.07) is 9.46. The third-order valence-corrected chi connectivity index (χ3v) is 2.23. The molecule has 2 N–H and O–H groups in total. The molecule has 16 heavy (non-hydrogen) atoms. The van der Waals surface area contributed by atoms with Crippen molar-refractivity contribution in [3.8, 4) is 11.3 Å². The molecule has 0 saturated heterocycles. The van der Waals surface area contributed by atoms with Crippen molar-refractivity contribution in [3.05, 3.63) is 48.4 Å². The third kappa shape index (κ3) is 2.10. The van der Waals surface area contributed by atoms with E-state index in [0.717, 1.165) is 0 Å². The molecule has 0 amide bonds. The standard InChI is InChI=1S/C11H9BFNO2/c13-10-5-4-8(7-9(10)12(15)16)11-3-1-2-6-14-11/h1-7,15-16H. The van der Waals surface area contributed by atoms with Gasteiger partial charge in [-0.25, -0.2) is 4.39 Å². The van der Waals surface area contributed by atoms with E-state index in [1.165, 1.54) is 12.1 Å². The molecule has 1 aromatic heterocycles. The van der Waals surface area contributed by atoms with Crippen molar-refractivity contribution in [1.82, 2.24) is 4.98 Å². The number of rotatable bonds is 2. The van der Waals surface area contributed by atoms with Gasteiger partial charge in [-0.05, 0) is 29.8 Å². The van der Waals surface area contributed by atoms with Gasteiger partial charge in [-0.15, -0.1) is 0 Å². The van der Waals surface area contributed by atoms with E-state index in [-0.39, 0.29) is 5.46 Å². The second-order valence-electron chi connectivity index (χ2n) is 3.32. The number of pyridine rings is 1. The quantitative estimate of drug-likeness (QED) is 0.723. The fourth-order valence-electron chi connectivity index (χ4n) is 1.43. The van der Waals surface area contributed by atoms with Gasteiger partial charge in [0.1, 0.15) is 5.82 Å². The van der Waals surface area contributed by atoms with Gasteiger partial charge in [0.05, 0.1) is 5.69 Å². The minimum Gasteiger partial charge on any atom is -0.423 e. The van der Waals surface area contributed by atoms with Crippen molar-refractivity contribution >= 4 is 12.6 Å². The molecule has 0 bridgehead atoms. The molecule has 5 heteroatoms. The van der Waals surface area contributed by atoms with Crippen LogP contribution >= 0.6 is 0 Å². The molecule has 0 saturated carbocycles. The monoisotopic (exact) mass is 217 g/mol. The van der Waals surface area contributed by atoms with Crippen LogP contribution in [-0.4, -0.2) is 22.2 Å². The Balaban J connectivity index is 2.48. The number of hydrogen-bond donors (Lipinski definition) is 2. The van der Waals surface area contributed by atoms with Crippen molar-refractivity contribution in [2.75, 3.05) is 0 Å². The van der Waals surface area contributed by atoms with Crippen LogP contribution in [0.25, 0.3) is 11.3 Å². The number of benzene rings is 1. The van der Waals surface area contributed by atoms with Crippen molar-refractivity contribution < 1.29 is 14.4 Å². The molecule has 0 aliphatic rings. The zero-order valence-corrected chi connectivity index (χ0v) is 8.34. The van der Waals surface area contributed by atoms with E-state index < -0.39 is 12.9 Å². The highest BCUT2D eigenvalue weighted by Crippen LogP contribution is 2.15. The highest BCUT2D eigenvalue weighted by molar-refractivity contribution is 6.58. The van der Waals surface area contributed by atoms with E-state index in [0.29, 0.717) is 11.3 Å². The highest BCUT2D eigenvalue weighted by atomic mass is 19.1. The summed E-state index contributed by atoms with van der Waals surface area (Å²) in [4.78, 5) is 4.09. The van der Waals surface area contributed by atoms with Gasteiger partial charge in [0, 0.05) is 11.7 Å². The minimum absolute atomic E-state index is 0.150. The van der Waals surface area contributed by atoms with Crippen molar-refractivity contribution in [2.45, 2.75) is 0 Å². The first kappa shape index (κ1) is 10.8. The Hall–Kier alpha value is -1.72. The van der Waals surface area contributed by atoms with Gasteiger partial charge in [-0.1, -0.05) is 12.1 Å². The van der Waals surface area contributed by atoms with Crippen LogP contribution in [0.4, 0.5) is 4.39 Å². The highest BCUT2D eigenvalue weighted by Gasteiger charge is 2.17. The average molecular weight is 217 g/mol. The van der Waals surface area contributed by atoms with Crippen LogP contribution in [-0.2, 0) is 0 Å². The first-order valence-electron chi connectivity index (χ1n) is 4.75. The molecular formula is C11H9BFNO2. The third-order valence-electron chi connectivity index (χ3n) is 2.23. The van der Waals surface area contributed by atoms with E-state index >= 15 is 0 Å². The first-order valence-corrected chi connectivity index (χ1v) is 4.75. The average Bonchev–Trinajstić information content (AvgIpc) is 2.30. The second-order valence-corrected chi connectivity index (χ2v) is 3.32. The maximum absolute atomic E-state index is 13.2. The SMILES string of the molecule is OB(O)c1cc(-c2ccccn2)ccc1F. The Bertz CT molecular complexity index is 491. The van der Waals surface area contributed by atoms with Crippen molar-refractivity contribution in [1.29, 1.82) is 0 Å². The van der Waals surface area contributed by atoms with Gasteiger partial charge in [-0.2, -0.15) is 0 Å². The van der Waals surface area contributed by atoms with Crippen LogP contribution < -0.4 is 5.46 Å². The normalized spacial score (nSPS) is 10.2. The summed E-state index contributed by atoms with van der Waals surface area (Å²) < 4.78 is 13.2. The lowest BCUT2D eigenvalue weighted by atomic mass is 9.79. The topological polar surface area (TPSA) is 53.4 Å². The lowest BCUT2D eigenvalue weighted by molar-refractivity contribution is 0.423. The summed E-state index contributed by atoms with van der Waals surface area (Å²) in [5.74, 6) is -0.644. The predicted octanol–water partition coefficient (Wildman–Crippen LogP) is 0.568. The molecule has 0 radical (unpaired) electrons. The Labute approximate surface area is 92.4 Å². The lowest BCUT2D eigenvalue weighted by Crippen LogP contribution is -2.32. The molecular weight excluding hydrogens is 208 g/mol. The van der Waals surface area contributed by atoms with Crippen LogP contribution in [0.5, 0.6) is 0 Å². The first-order chi connectivity index (χ1) is 7.68. The molecule has 1 heterocycles. The van der Waals surface area contributed by atoms with Crippen LogP contribution in [0.2, 0.25) is 0 Å². The zero-order chi connectivity index (χ0) is 11.5. The molecule has 0 fully saturated rings. The number of hydrogen-bond acceptors (Lipinski definition) is 3. The Kier molecular flexibility index (Phi) is 2.98. The molecule has 0 aliphatic heterocycles. The Morgan fingerprint density at radius 2 is 1.94 bits per heavy atom. The summed E-state index contributed by atoms with van der Waals surface area (Å²) >= 11 is 0. The van der Waals surface area contributed by atoms with Crippen LogP contribution in [0.15, 0.2) is 42.6 Å². The Morgan fingerprint density at radius 1 is 1.12 bits per heavy atom. The summed E-state index contributed by atoms with van der Waals surface area (Å²) in [6.45, 7) is 0. The number of nitrogens with zero attached hydrogens (tertiary/aromatic N) is 1. The van der Waals surface area contributed by atoms with E-state index in [2.05, 4.69) is 4.98 Å². The van der Waals surface area contributed by atoms with Gasteiger partial charge < -0.3 is 10.0 Å². The zero-order valence-electron chi connectivity index (χ0n) is 8.34. The minimum atomic E-state index is -1.82. The Morgan fingerprint density at radius 3 is 2.56 bits per heavy atom. The number of aromatic nitrogens is 1. The van der Waals surface area contributed by atoms with E-state index in [4.69, 9.17) is 10.0 Å². The van der Waals surface area contributed by atoms with Gasteiger partial charge >= 0.3 is 7.12 Å². The molecule has 3 nitrogen and oxygen atoms in total. The van der Waals surface area contributed by atoms with Crippen molar-refractivity contribution in [2.24, 2.45) is 0 Å². The van der Waals surface area contributed by atoms with Crippen molar-refractivity contribution in [3.63, 3.8) is 0 Å². The molecule has 1 aromatic carbocycles. The van der Waals surface area contributed by atoms with E-state index in [9.17, 15) is 4.39 Å². The van der Waals surface area contributed by atoms with Gasteiger partial charge in [0.2, 0.25) is 0 Å². The molecule has 2 aromatic rings. The number of halogens is 1. The fourth-order valence-corrected chi connectivity index (χ4v) is 1.43. The van der Waals surface area contributed by atoms with Crippen LogP contribution in [0, 0.1) is 5.82 Å². The largest absolute Gasteiger partial charge is 0.491 e. The lowest BCUT2D eigenvalue weighted by Gasteiger charge is -2.05. The van der Waals surface area contributed by atoms with E-state index in [1.54, 1.807) is 30.5 Å². The summed E-state index contributed by atoms with van der Waals surface area (Å²) in [7, 11) is -1.82. The second kappa shape index (κ2) is 4.43. The van der Waals surface area contributed by atoms with Gasteiger partial charge in [0.25, 0.3) is 0 Å². The van der Waals surface area contributed by atoms with Crippen LogP contribution in [0.1, 0.15) is 0 Å². The molecule has 0 unspecified atom stereocenters. The summed E-state index contributed by atoms with van der Waals surface area (Å²) in [5.41, 5.74) is 1.15. The summed E-state index contributed by atoms with van der Waals surface area (Å²) in [5, 5.41) is 17.9. The van der Waals surface area contributed by atoms with Crippen LogP contribution in [0.3, 0.4) is 0 Å². The molecule has 0 spiro atoms. The van der Waals surface area contributed by atoms with E-state index in [1.807, 2.05) is 0 Å². The smallest absolute Gasteiger partial charge is 0.423 e. The molecule has 2 rings (SSSR count).